The third kappa shape index (κ3) is 4.32. The molecular weight excluding hydrogens is 537 g/mol. The topological polar surface area (TPSA) is 50.2 Å². The van der Waals surface area contributed by atoms with E-state index in [1.165, 1.54) is 6.92 Å². The Morgan fingerprint density at radius 1 is 0.976 bits per heavy atom. The third-order valence-electron chi connectivity index (χ3n) is 10.3. The maximum absolute atomic E-state index is 15.1. The van der Waals surface area contributed by atoms with Crippen LogP contribution in [0.4, 0.5) is 22.0 Å². The minimum absolute atomic E-state index is 0.0265. The zero-order valence-corrected chi connectivity index (χ0v) is 22.7. The second kappa shape index (κ2) is 9.72. The number of aromatic nitrogens is 1. The van der Waals surface area contributed by atoms with Crippen molar-refractivity contribution in [2.75, 3.05) is 0 Å². The minimum Gasteiger partial charge on any atom is -0.383 e. The lowest BCUT2D eigenvalue weighted by molar-refractivity contribution is -0.362. The van der Waals surface area contributed by atoms with Crippen LogP contribution in [0, 0.1) is 17.3 Å². The average molecular weight is 570 g/mol. The maximum atomic E-state index is 15.1. The molecule has 3 nitrogen and oxygen atoms in total. The zero-order valence-electron chi connectivity index (χ0n) is 22.7. The first kappa shape index (κ1) is 28.0. The van der Waals surface area contributed by atoms with Crippen molar-refractivity contribution < 1.29 is 31.9 Å². The van der Waals surface area contributed by atoms with Crippen LogP contribution in [0.2, 0.25) is 0 Å². The molecule has 0 radical (unpaired) electrons. The van der Waals surface area contributed by atoms with Crippen molar-refractivity contribution in [3.05, 3.63) is 88.3 Å². The number of carbonyl (C=O) groups is 1. The summed E-state index contributed by atoms with van der Waals surface area (Å²) < 4.78 is 71.5. The summed E-state index contributed by atoms with van der Waals surface area (Å²) >= 11 is 0. The molecule has 4 aliphatic rings. The van der Waals surface area contributed by atoms with Gasteiger partial charge < -0.3 is 5.11 Å². The van der Waals surface area contributed by atoms with Gasteiger partial charge >= 0.3 is 12.1 Å². The van der Waals surface area contributed by atoms with Crippen LogP contribution in [-0.4, -0.2) is 33.6 Å². The monoisotopic (exact) mass is 569 g/mol. The number of alkyl halides is 5. The molecular formula is C33H32F5NO2. The van der Waals surface area contributed by atoms with Crippen molar-refractivity contribution in [3.8, 4) is 0 Å². The Balaban J connectivity index is 1.44. The van der Waals surface area contributed by atoms with Gasteiger partial charge in [0.1, 0.15) is 5.60 Å². The fourth-order valence-electron chi connectivity index (χ4n) is 8.22. The van der Waals surface area contributed by atoms with Gasteiger partial charge in [0.05, 0.1) is 0 Å². The summed E-state index contributed by atoms with van der Waals surface area (Å²) in [5.74, 6) is -6.37. The maximum Gasteiger partial charge on any atom is 0.456 e. The molecule has 6 rings (SSSR count). The standard InChI is InChI=1S/C33H32F5NO2/c1-30-18-27(22-8-6-20(7-9-22)4-5-21-3-2-16-39-19-21)29-25-13-11-24(40)17-23(25)10-12-26(29)28(30)14-15-31(30,41)32(34,35)33(36,37)38/h2-9,16-17,19,26-28,41H,10-15,18H2,1H3/b5-4+/t26?,27-,28?,30?,31?/m1/s1. The molecule has 1 aromatic carbocycles. The molecule has 0 spiro atoms. The van der Waals surface area contributed by atoms with Crippen LogP contribution in [0.25, 0.3) is 12.2 Å². The first-order valence-electron chi connectivity index (χ1n) is 14.2. The lowest BCUT2D eigenvalue weighted by Crippen LogP contribution is -2.65. The van der Waals surface area contributed by atoms with Gasteiger partial charge in [-0.1, -0.05) is 55.0 Å². The number of halogens is 5. The Labute approximate surface area is 235 Å². The largest absolute Gasteiger partial charge is 0.456 e. The van der Waals surface area contributed by atoms with Gasteiger partial charge in [0.15, 0.2) is 5.78 Å². The molecule has 216 valence electrons. The number of nitrogens with zero attached hydrogens (tertiary/aromatic N) is 1. The number of pyridine rings is 1. The number of rotatable bonds is 4. The van der Waals surface area contributed by atoms with Crippen LogP contribution in [-0.2, 0) is 4.79 Å². The van der Waals surface area contributed by atoms with E-state index < -0.39 is 41.4 Å². The lowest BCUT2D eigenvalue weighted by Gasteiger charge is -2.56. The molecule has 0 aliphatic heterocycles. The Bertz CT molecular complexity index is 1440. The molecule has 2 saturated carbocycles. The van der Waals surface area contributed by atoms with Crippen molar-refractivity contribution in [2.45, 2.75) is 75.5 Å². The summed E-state index contributed by atoms with van der Waals surface area (Å²) in [6.07, 6.45) is 4.62. The molecule has 0 saturated heterocycles. The van der Waals surface area contributed by atoms with E-state index in [2.05, 4.69) is 4.98 Å². The van der Waals surface area contributed by atoms with E-state index in [9.17, 15) is 23.1 Å². The second-order valence-corrected chi connectivity index (χ2v) is 12.3. The van der Waals surface area contributed by atoms with Gasteiger partial charge in [-0.05, 0) is 90.3 Å². The van der Waals surface area contributed by atoms with Gasteiger partial charge in [-0.3, -0.25) is 9.78 Å². The highest BCUT2D eigenvalue weighted by Crippen LogP contribution is 2.70. The molecule has 0 bridgehead atoms. The second-order valence-electron chi connectivity index (χ2n) is 12.3. The highest BCUT2D eigenvalue weighted by atomic mass is 19.4. The number of hydrogen-bond donors (Lipinski definition) is 1. The fraction of sp³-hybridized carbons (Fsp3) is 0.455. The van der Waals surface area contributed by atoms with Crippen LogP contribution in [0.3, 0.4) is 0 Å². The van der Waals surface area contributed by atoms with E-state index in [4.69, 9.17) is 0 Å². The number of aliphatic hydroxyl groups is 1. The van der Waals surface area contributed by atoms with Crippen molar-refractivity contribution in [3.63, 3.8) is 0 Å². The van der Waals surface area contributed by atoms with Gasteiger partial charge in [0.2, 0.25) is 0 Å². The Kier molecular flexibility index (Phi) is 6.64. The Hall–Kier alpha value is -3.13. The highest BCUT2D eigenvalue weighted by Gasteiger charge is 2.79. The van der Waals surface area contributed by atoms with E-state index in [0.29, 0.717) is 25.7 Å². The summed E-state index contributed by atoms with van der Waals surface area (Å²) in [6.45, 7) is 1.44. The highest BCUT2D eigenvalue weighted by molar-refractivity contribution is 5.93. The lowest BCUT2D eigenvalue weighted by atomic mass is 9.50. The summed E-state index contributed by atoms with van der Waals surface area (Å²) in [5.41, 5.74) is 0.877. The minimum atomic E-state index is -5.86. The molecule has 1 heterocycles. The van der Waals surface area contributed by atoms with Gasteiger partial charge in [-0.25, -0.2) is 0 Å². The van der Waals surface area contributed by atoms with Gasteiger partial charge in [0.25, 0.3) is 0 Å². The van der Waals surface area contributed by atoms with Crippen molar-refractivity contribution >= 4 is 17.9 Å². The van der Waals surface area contributed by atoms with E-state index >= 15 is 8.78 Å². The van der Waals surface area contributed by atoms with Gasteiger partial charge in [-0.15, -0.1) is 0 Å². The molecule has 4 unspecified atom stereocenters. The van der Waals surface area contributed by atoms with Crippen molar-refractivity contribution in [1.29, 1.82) is 0 Å². The SMILES string of the molecule is CC12C[C@H](c3ccc(/C=C/c4cccnc4)cc3)C3=C4CCC(=O)C=C4CCC3C1CCC2(O)C(F)(F)C(F)(F)F. The molecule has 2 fully saturated rings. The first-order valence-corrected chi connectivity index (χ1v) is 14.2. The van der Waals surface area contributed by atoms with Crippen LogP contribution in [0.15, 0.2) is 71.6 Å². The van der Waals surface area contributed by atoms with E-state index in [-0.39, 0.29) is 24.5 Å². The number of carbonyl (C=O) groups excluding carboxylic acids is 1. The van der Waals surface area contributed by atoms with Crippen LogP contribution >= 0.6 is 0 Å². The summed E-state index contributed by atoms with van der Waals surface area (Å²) in [6, 6.07) is 11.4. The van der Waals surface area contributed by atoms with E-state index in [1.54, 1.807) is 18.5 Å². The number of benzene rings is 1. The average Bonchev–Trinajstić information content (AvgIpc) is 3.23. The molecule has 0 amide bonds. The quantitative estimate of drug-likeness (QED) is 0.379. The van der Waals surface area contributed by atoms with Crippen molar-refractivity contribution in [2.24, 2.45) is 17.3 Å². The predicted molar refractivity (Wildman–Crippen MR) is 146 cm³/mol. The summed E-state index contributed by atoms with van der Waals surface area (Å²) in [5, 5.41) is 11.4. The Morgan fingerprint density at radius 3 is 2.39 bits per heavy atom. The molecule has 5 atom stereocenters. The van der Waals surface area contributed by atoms with Crippen molar-refractivity contribution in [1.82, 2.24) is 4.98 Å². The van der Waals surface area contributed by atoms with Gasteiger partial charge in [0, 0.05) is 30.1 Å². The van der Waals surface area contributed by atoms with Gasteiger partial charge in [-0.2, -0.15) is 22.0 Å². The molecule has 1 aromatic heterocycles. The summed E-state index contributed by atoms with van der Waals surface area (Å²) in [7, 11) is 0. The number of fused-ring (bicyclic) bond motifs is 4. The van der Waals surface area contributed by atoms with Crippen LogP contribution in [0.5, 0.6) is 0 Å². The normalized spacial score (nSPS) is 32.0. The summed E-state index contributed by atoms with van der Waals surface area (Å²) in [4.78, 5) is 16.3. The number of ketones is 1. The van der Waals surface area contributed by atoms with E-state index in [1.807, 2.05) is 48.6 Å². The molecule has 8 heteroatoms. The third-order valence-corrected chi connectivity index (χ3v) is 10.3. The van der Waals surface area contributed by atoms with Crippen LogP contribution in [0.1, 0.15) is 74.5 Å². The smallest absolute Gasteiger partial charge is 0.383 e. The first-order chi connectivity index (χ1) is 19.4. The van der Waals surface area contributed by atoms with E-state index in [0.717, 1.165) is 33.4 Å². The fourth-order valence-corrected chi connectivity index (χ4v) is 8.22. The Morgan fingerprint density at radius 2 is 1.71 bits per heavy atom. The zero-order chi connectivity index (χ0) is 29.2. The molecule has 4 aliphatic carbocycles. The molecule has 1 N–H and O–H groups in total. The van der Waals surface area contributed by atoms with Crippen LogP contribution < -0.4 is 0 Å². The molecule has 2 aromatic rings. The predicted octanol–water partition coefficient (Wildman–Crippen LogP) is 8.08. The molecule has 41 heavy (non-hydrogen) atoms. The number of hydrogen-bond acceptors (Lipinski definition) is 3. The number of allylic oxidation sites excluding steroid dienone is 4.